The third kappa shape index (κ3) is 1.49. The molecule has 2 heterocycles. The molecule has 0 aliphatic carbocycles. The normalized spacial score (nSPS) is 22.3. The highest BCUT2D eigenvalue weighted by atomic mass is 16.7. The number of rotatable bonds is 2. The molecule has 0 saturated carbocycles. The molecule has 0 atom stereocenters. The molecule has 2 aliphatic rings. The first-order valence-electron chi connectivity index (χ1n) is 3.99. The summed E-state index contributed by atoms with van der Waals surface area (Å²) in [6, 6.07) is 0. The van der Waals surface area contributed by atoms with Crippen LogP contribution in [-0.4, -0.2) is 30.5 Å². The van der Waals surface area contributed by atoms with E-state index in [0.29, 0.717) is 10.2 Å². The molecule has 16 nitrogen and oxygen atoms in total. The number of hydrogen-bond donors (Lipinski definition) is 2. The molecule has 4 N–H and O–H groups in total. The quantitative estimate of drug-likeness (QED) is 0.318. The van der Waals surface area contributed by atoms with Crippen LogP contribution in [-0.2, 0) is 0 Å². The molecule has 0 aromatic rings. The van der Waals surface area contributed by atoms with Crippen molar-refractivity contribution in [2.45, 2.75) is 0 Å². The zero-order chi connectivity index (χ0) is 13.4. The van der Waals surface area contributed by atoms with Gasteiger partial charge < -0.3 is 20.2 Å². The summed E-state index contributed by atoms with van der Waals surface area (Å²) >= 11 is 0. The van der Waals surface area contributed by atoms with Gasteiger partial charge in [-0.05, 0) is 0 Å². The molecule has 2 aliphatic heterocycles. The van der Waals surface area contributed by atoms with Gasteiger partial charge in [0.2, 0.25) is 10.4 Å². The molecule has 0 bridgehead atoms. The SMILES string of the molecule is NN1N=NN([N+](=O)[O-])/C1=C1\N(N)N=NN1[N+](=O)[O-]. The molecule has 0 radical (unpaired) electrons. The van der Waals surface area contributed by atoms with E-state index in [0.717, 1.165) is 0 Å². The maximum absolute atomic E-state index is 10.6. The van der Waals surface area contributed by atoms with Gasteiger partial charge in [-0.1, -0.05) is 0 Å². The zero-order valence-corrected chi connectivity index (χ0v) is 8.26. The minimum Gasteiger partial charge on any atom is -0.339 e. The summed E-state index contributed by atoms with van der Waals surface area (Å²) in [5.74, 6) is 9.34. The summed E-state index contributed by atoms with van der Waals surface area (Å²) in [6.45, 7) is 0. The van der Waals surface area contributed by atoms with Crippen LogP contribution in [0.4, 0.5) is 0 Å². The van der Waals surface area contributed by atoms with Crippen molar-refractivity contribution in [2.24, 2.45) is 32.6 Å². The number of nitrogens with zero attached hydrogens (tertiary/aromatic N) is 10. The van der Waals surface area contributed by atoms with Crippen LogP contribution < -0.4 is 11.7 Å². The van der Waals surface area contributed by atoms with E-state index >= 15 is 0 Å². The van der Waals surface area contributed by atoms with E-state index in [1.54, 1.807) is 0 Å². The molecule has 0 amide bonds. The summed E-state index contributed by atoms with van der Waals surface area (Å²) in [6.07, 6.45) is 0. The van der Waals surface area contributed by atoms with Crippen LogP contribution in [0.5, 0.6) is 0 Å². The molecule has 2 rings (SSSR count). The Morgan fingerprint density at radius 1 is 0.833 bits per heavy atom. The van der Waals surface area contributed by atoms with Gasteiger partial charge in [-0.3, -0.25) is 0 Å². The lowest BCUT2D eigenvalue weighted by Gasteiger charge is -2.14. The van der Waals surface area contributed by atoms with Gasteiger partial charge in [0.15, 0.2) is 0 Å². The monoisotopic (exact) mass is 260 g/mol. The average Bonchev–Trinajstić information content (AvgIpc) is 2.81. The number of hydrazine groups is 4. The average molecular weight is 260 g/mol. The lowest BCUT2D eigenvalue weighted by Crippen LogP contribution is -2.40. The molecule has 0 aromatic carbocycles. The first kappa shape index (κ1) is 11.3. The van der Waals surface area contributed by atoms with E-state index in [-0.39, 0.29) is 10.2 Å². The Morgan fingerprint density at radius 2 is 1.17 bits per heavy atom. The molecule has 0 saturated heterocycles. The molecular formula is C2H4N12O4. The molecule has 0 aromatic heterocycles. The van der Waals surface area contributed by atoms with Gasteiger partial charge in [0.05, 0.1) is 30.7 Å². The van der Waals surface area contributed by atoms with E-state index in [2.05, 4.69) is 20.9 Å². The van der Waals surface area contributed by atoms with Crippen LogP contribution in [0.15, 0.2) is 32.5 Å². The molecule has 18 heavy (non-hydrogen) atoms. The summed E-state index contributed by atoms with van der Waals surface area (Å²) < 4.78 is 0. The Kier molecular flexibility index (Phi) is 2.34. The highest BCUT2D eigenvalue weighted by molar-refractivity contribution is 5.06. The van der Waals surface area contributed by atoms with Crippen LogP contribution in [0, 0.1) is 20.2 Å². The molecule has 96 valence electrons. The standard InChI is InChI=1S/C2H4N12O4/c3-9-1(11(7-5-9)13(15)16)2-10(4)6-8-12(2)14(17)18/h3-4H2/b2-1+. The molecule has 16 heteroatoms. The Hall–Kier alpha value is -3.14. The van der Waals surface area contributed by atoms with E-state index in [4.69, 9.17) is 11.7 Å². The van der Waals surface area contributed by atoms with E-state index in [1.165, 1.54) is 0 Å². The van der Waals surface area contributed by atoms with Gasteiger partial charge in [0, 0.05) is 0 Å². The van der Waals surface area contributed by atoms with Gasteiger partial charge in [0.25, 0.3) is 11.6 Å². The lowest BCUT2D eigenvalue weighted by molar-refractivity contribution is -0.656. The molecule has 0 fully saturated rings. The van der Waals surface area contributed by atoms with E-state index in [9.17, 15) is 20.2 Å². The summed E-state index contributed by atoms with van der Waals surface area (Å²) in [5, 5.41) is 32.7. The topological polar surface area (TPSA) is 201 Å². The van der Waals surface area contributed by atoms with Crippen molar-refractivity contribution in [3.8, 4) is 0 Å². The lowest BCUT2D eigenvalue weighted by atomic mass is 10.6. The molecule has 0 spiro atoms. The number of nitro groups is 2. The minimum absolute atomic E-state index is 0.0854. The maximum Gasteiger partial charge on any atom is 0.292 e. The van der Waals surface area contributed by atoms with Crippen molar-refractivity contribution in [3.05, 3.63) is 31.9 Å². The number of nitrogens with two attached hydrogens (primary N) is 2. The highest BCUT2D eigenvalue weighted by Crippen LogP contribution is 2.27. The van der Waals surface area contributed by atoms with Crippen molar-refractivity contribution >= 4 is 0 Å². The third-order valence-corrected chi connectivity index (χ3v) is 1.76. The van der Waals surface area contributed by atoms with Crippen molar-refractivity contribution in [1.29, 1.82) is 0 Å². The van der Waals surface area contributed by atoms with Crippen molar-refractivity contribution in [2.75, 3.05) is 0 Å². The summed E-state index contributed by atoms with van der Waals surface area (Å²) in [5.41, 5.74) is 0. The van der Waals surface area contributed by atoms with E-state index < -0.39 is 21.7 Å². The van der Waals surface area contributed by atoms with Crippen LogP contribution in [0.25, 0.3) is 0 Å². The second-order valence-electron chi connectivity index (χ2n) is 2.75. The Balaban J connectivity index is 2.51. The van der Waals surface area contributed by atoms with Crippen LogP contribution in [0.2, 0.25) is 0 Å². The Morgan fingerprint density at radius 3 is 1.44 bits per heavy atom. The largest absolute Gasteiger partial charge is 0.339 e. The predicted octanol–water partition coefficient (Wildman–Crippen LogP) is -1.96. The molecule has 0 unspecified atom stereocenters. The Labute approximate surface area is 96.1 Å². The first-order valence-corrected chi connectivity index (χ1v) is 3.99. The second-order valence-corrected chi connectivity index (χ2v) is 2.75. The fourth-order valence-electron chi connectivity index (χ4n) is 1.12. The third-order valence-electron chi connectivity index (χ3n) is 1.76. The van der Waals surface area contributed by atoms with Gasteiger partial charge >= 0.3 is 0 Å². The highest BCUT2D eigenvalue weighted by Gasteiger charge is 2.47. The fourth-order valence-corrected chi connectivity index (χ4v) is 1.12. The van der Waals surface area contributed by atoms with Crippen LogP contribution >= 0.6 is 0 Å². The predicted molar refractivity (Wildman–Crippen MR) is 46.5 cm³/mol. The fraction of sp³-hybridized carbons (Fsp3) is 0. The maximum atomic E-state index is 10.6. The van der Waals surface area contributed by atoms with Crippen LogP contribution in [0.3, 0.4) is 0 Å². The minimum atomic E-state index is -1.01. The van der Waals surface area contributed by atoms with Gasteiger partial charge in [0.1, 0.15) is 0 Å². The van der Waals surface area contributed by atoms with Crippen LogP contribution in [0.1, 0.15) is 0 Å². The zero-order valence-electron chi connectivity index (χ0n) is 8.26. The number of hydrogen-bond acceptors (Lipinski definition) is 12. The summed E-state index contributed by atoms with van der Waals surface area (Å²) in [7, 11) is 0. The van der Waals surface area contributed by atoms with E-state index in [1.807, 2.05) is 0 Å². The second kappa shape index (κ2) is 3.71. The van der Waals surface area contributed by atoms with Crippen molar-refractivity contribution < 1.29 is 10.1 Å². The van der Waals surface area contributed by atoms with Gasteiger partial charge in [-0.25, -0.2) is 11.7 Å². The van der Waals surface area contributed by atoms with Gasteiger partial charge in [-0.15, -0.1) is 10.2 Å². The smallest absolute Gasteiger partial charge is 0.292 e. The van der Waals surface area contributed by atoms with Crippen molar-refractivity contribution in [1.82, 2.24) is 20.5 Å². The molecular weight excluding hydrogens is 256 g/mol. The summed E-state index contributed by atoms with van der Waals surface area (Å²) in [4.78, 5) is 21.3. The van der Waals surface area contributed by atoms with Gasteiger partial charge in [-0.2, -0.15) is 0 Å². The van der Waals surface area contributed by atoms with Crippen molar-refractivity contribution in [3.63, 3.8) is 0 Å². The first-order chi connectivity index (χ1) is 8.43. The Bertz CT molecular complexity index is 448.